The van der Waals surface area contributed by atoms with Gasteiger partial charge in [-0.3, -0.25) is 14.4 Å². The standard InChI is InChI=1S/C18H23FN12O8/c1-6(32)36-15-8(3-12(34)35)9(25-29-21)4-10(26-30-22)16(15)39-18-14(27-31-23)13(19)17(37-7(2)33)11(38-18)5-24-28-20/h8-11,13-18H,3-5H2,1-2H3,(H,34,35)/t8-,9+,10-,11+,13-,14+,15-,16+,17+,18+/m0/s1. The van der Waals surface area contributed by atoms with Gasteiger partial charge in [-0.15, -0.1) is 0 Å². The highest BCUT2D eigenvalue weighted by Crippen LogP contribution is 2.39. The van der Waals surface area contributed by atoms with Crippen molar-refractivity contribution >= 4 is 17.9 Å². The van der Waals surface area contributed by atoms with Crippen LogP contribution in [0.5, 0.6) is 0 Å². The molecule has 21 heteroatoms. The van der Waals surface area contributed by atoms with Crippen LogP contribution in [0.25, 0.3) is 41.8 Å². The van der Waals surface area contributed by atoms with E-state index in [1.165, 1.54) is 0 Å². The molecule has 0 unspecified atom stereocenters. The zero-order chi connectivity index (χ0) is 29.1. The normalized spacial score (nSPS) is 33.5. The van der Waals surface area contributed by atoms with Gasteiger partial charge in [0.2, 0.25) is 0 Å². The van der Waals surface area contributed by atoms with Gasteiger partial charge < -0.3 is 24.1 Å². The number of nitrogens with zero attached hydrogens (tertiary/aromatic N) is 12. The number of hydrogen-bond donors (Lipinski definition) is 1. The summed E-state index contributed by atoms with van der Waals surface area (Å²) in [6, 6.07) is -4.21. The van der Waals surface area contributed by atoms with E-state index in [4.69, 9.17) is 41.1 Å². The fourth-order valence-corrected chi connectivity index (χ4v) is 4.51. The molecule has 0 aromatic heterocycles. The zero-order valence-corrected chi connectivity index (χ0v) is 20.4. The lowest BCUT2D eigenvalue weighted by Crippen LogP contribution is -2.61. The molecular weight excluding hydrogens is 531 g/mol. The van der Waals surface area contributed by atoms with Gasteiger partial charge in [0.05, 0.1) is 19.0 Å². The second kappa shape index (κ2) is 14.4. The first-order valence-electron chi connectivity index (χ1n) is 11.2. The molecule has 2 fully saturated rings. The molecule has 1 saturated heterocycles. The molecule has 0 radical (unpaired) electrons. The molecule has 1 aliphatic carbocycles. The molecule has 10 atom stereocenters. The van der Waals surface area contributed by atoms with E-state index in [2.05, 4.69) is 40.1 Å². The van der Waals surface area contributed by atoms with Crippen molar-refractivity contribution in [2.45, 2.75) is 81.7 Å². The van der Waals surface area contributed by atoms with Crippen molar-refractivity contribution in [2.75, 3.05) is 6.54 Å². The fourth-order valence-electron chi connectivity index (χ4n) is 4.51. The predicted octanol–water partition coefficient (Wildman–Crippen LogP) is 3.14. The third-order valence-corrected chi connectivity index (χ3v) is 5.91. The minimum Gasteiger partial charge on any atom is -0.481 e. The first kappa shape index (κ1) is 30.7. The number of carboxylic acids is 1. The summed E-state index contributed by atoms with van der Waals surface area (Å²) in [5.41, 5.74) is 35.8. The van der Waals surface area contributed by atoms with E-state index in [0.29, 0.717) is 0 Å². The van der Waals surface area contributed by atoms with E-state index in [9.17, 15) is 19.5 Å². The minimum atomic E-state index is -2.25. The minimum absolute atomic E-state index is 0.259. The van der Waals surface area contributed by atoms with Crippen LogP contribution in [0.15, 0.2) is 20.5 Å². The highest BCUT2D eigenvalue weighted by molar-refractivity contribution is 5.68. The van der Waals surface area contributed by atoms with Crippen LogP contribution in [0.3, 0.4) is 0 Å². The maximum atomic E-state index is 15.6. The number of aliphatic carboxylic acids is 1. The number of halogens is 1. The van der Waals surface area contributed by atoms with E-state index in [-0.39, 0.29) is 6.42 Å². The maximum absolute atomic E-state index is 15.6. The molecule has 20 nitrogen and oxygen atoms in total. The Kier molecular flexibility index (Phi) is 11.4. The van der Waals surface area contributed by atoms with Crippen molar-refractivity contribution in [3.05, 3.63) is 41.8 Å². The fraction of sp³-hybridized carbons (Fsp3) is 0.833. The summed E-state index contributed by atoms with van der Waals surface area (Å²) in [5, 5.41) is 23.2. The van der Waals surface area contributed by atoms with E-state index in [0.717, 1.165) is 13.8 Å². The Morgan fingerprint density at radius 2 is 1.51 bits per heavy atom. The molecule has 0 bridgehead atoms. The molecule has 1 N–H and O–H groups in total. The number of hydrogen-bond acceptors (Lipinski definition) is 11. The van der Waals surface area contributed by atoms with E-state index < -0.39 is 91.8 Å². The van der Waals surface area contributed by atoms with Crippen molar-refractivity contribution in [1.29, 1.82) is 0 Å². The molecule has 2 rings (SSSR count). The first-order valence-corrected chi connectivity index (χ1v) is 11.2. The molecule has 1 saturated carbocycles. The van der Waals surface area contributed by atoms with Gasteiger partial charge in [0, 0.05) is 45.5 Å². The van der Waals surface area contributed by atoms with Gasteiger partial charge in [-0.25, -0.2) is 4.39 Å². The van der Waals surface area contributed by atoms with Crippen molar-refractivity contribution in [1.82, 2.24) is 0 Å². The molecular formula is C18H23FN12O8. The number of esters is 2. The first-order chi connectivity index (χ1) is 18.6. The Labute approximate surface area is 217 Å². The van der Waals surface area contributed by atoms with Gasteiger partial charge in [-0.1, -0.05) is 20.5 Å². The topological polar surface area (TPSA) is 303 Å². The summed E-state index contributed by atoms with van der Waals surface area (Å²) < 4.78 is 37.4. The number of alkyl halides is 1. The van der Waals surface area contributed by atoms with Crippen molar-refractivity contribution < 1.29 is 42.8 Å². The Hall–Kier alpha value is -4.50. The van der Waals surface area contributed by atoms with Crippen LogP contribution in [-0.4, -0.2) is 84.6 Å². The van der Waals surface area contributed by atoms with Crippen molar-refractivity contribution in [2.24, 2.45) is 26.4 Å². The van der Waals surface area contributed by atoms with Gasteiger partial charge in [-0.2, -0.15) is 0 Å². The molecule has 1 heterocycles. The number of ether oxygens (including phenoxy) is 4. The van der Waals surface area contributed by atoms with Crippen LogP contribution in [0.4, 0.5) is 4.39 Å². The van der Waals surface area contributed by atoms with Crippen LogP contribution in [0.1, 0.15) is 26.7 Å². The third-order valence-electron chi connectivity index (χ3n) is 5.91. The summed E-state index contributed by atoms with van der Waals surface area (Å²) in [6.07, 6.45) is -11.1. The highest BCUT2D eigenvalue weighted by Gasteiger charge is 2.53. The number of azide groups is 4. The van der Waals surface area contributed by atoms with Crippen LogP contribution >= 0.6 is 0 Å². The SMILES string of the molecule is CC(=O)O[C@H]1[C@@H](CC(=O)O)[C@H](N=[N+]=[N-])C[C@H](N=[N+]=[N-])[C@H]1O[C@H]1O[C@H](CN=[N+]=[N-])[C@@H](OC(C)=O)[C@@H](F)[C@H]1N=[N+]=[N-]. The lowest BCUT2D eigenvalue weighted by atomic mass is 9.76. The summed E-state index contributed by atoms with van der Waals surface area (Å²) in [7, 11) is 0. The monoisotopic (exact) mass is 554 g/mol. The molecule has 0 spiro atoms. The van der Waals surface area contributed by atoms with Crippen LogP contribution in [0, 0.1) is 5.92 Å². The van der Waals surface area contributed by atoms with Crippen molar-refractivity contribution in [3.63, 3.8) is 0 Å². The Morgan fingerprint density at radius 3 is 2.05 bits per heavy atom. The van der Waals surface area contributed by atoms with Crippen LogP contribution < -0.4 is 0 Å². The second-order valence-corrected chi connectivity index (χ2v) is 8.39. The average Bonchev–Trinajstić information content (AvgIpc) is 2.85. The number of carbonyl (C=O) groups is 3. The van der Waals surface area contributed by atoms with E-state index >= 15 is 4.39 Å². The number of carboxylic acid groups (broad SMARTS) is 1. The molecule has 39 heavy (non-hydrogen) atoms. The lowest BCUT2D eigenvalue weighted by molar-refractivity contribution is -0.282. The number of carbonyl (C=O) groups excluding carboxylic acids is 2. The predicted molar refractivity (Wildman–Crippen MR) is 123 cm³/mol. The number of rotatable bonds is 11. The van der Waals surface area contributed by atoms with Gasteiger partial charge in [0.15, 0.2) is 18.6 Å². The summed E-state index contributed by atoms with van der Waals surface area (Å²) in [4.78, 5) is 45.6. The molecule has 0 amide bonds. The van der Waals surface area contributed by atoms with Gasteiger partial charge in [0.1, 0.15) is 24.4 Å². The van der Waals surface area contributed by atoms with Crippen LogP contribution in [-0.2, 0) is 33.3 Å². The lowest BCUT2D eigenvalue weighted by Gasteiger charge is -2.47. The van der Waals surface area contributed by atoms with E-state index in [1.54, 1.807) is 0 Å². The summed E-state index contributed by atoms with van der Waals surface area (Å²) in [5.74, 6) is -4.35. The smallest absolute Gasteiger partial charge is 0.303 e. The summed E-state index contributed by atoms with van der Waals surface area (Å²) >= 11 is 0. The van der Waals surface area contributed by atoms with Gasteiger partial charge in [-0.05, 0) is 28.5 Å². The van der Waals surface area contributed by atoms with Gasteiger partial charge >= 0.3 is 17.9 Å². The molecule has 0 aromatic carbocycles. The largest absolute Gasteiger partial charge is 0.481 e. The van der Waals surface area contributed by atoms with E-state index in [1.807, 2.05) is 0 Å². The second-order valence-electron chi connectivity index (χ2n) is 8.39. The molecule has 1 aliphatic heterocycles. The maximum Gasteiger partial charge on any atom is 0.303 e. The molecule has 2 aliphatic rings. The summed E-state index contributed by atoms with van der Waals surface area (Å²) in [6.45, 7) is 1.45. The quantitative estimate of drug-likeness (QED) is 0.171. The third kappa shape index (κ3) is 7.99. The molecule has 210 valence electrons. The Morgan fingerprint density at radius 1 is 0.923 bits per heavy atom. The average molecular weight is 554 g/mol. The highest BCUT2D eigenvalue weighted by atomic mass is 19.1. The Bertz CT molecular complexity index is 1130. The molecule has 0 aromatic rings. The van der Waals surface area contributed by atoms with Crippen molar-refractivity contribution in [3.8, 4) is 0 Å². The Balaban J connectivity index is 2.59. The van der Waals surface area contributed by atoms with Crippen LogP contribution in [0.2, 0.25) is 0 Å². The van der Waals surface area contributed by atoms with Gasteiger partial charge in [0.25, 0.3) is 0 Å². The zero-order valence-electron chi connectivity index (χ0n) is 20.4.